The lowest BCUT2D eigenvalue weighted by Crippen LogP contribution is -2.13. The fraction of sp³-hybridized carbons (Fsp3) is 0.0625. The Morgan fingerprint density at radius 2 is 1.60 bits per heavy atom. The molecule has 0 amide bonds. The summed E-state index contributed by atoms with van der Waals surface area (Å²) >= 11 is 0. The molecule has 20 heavy (non-hydrogen) atoms. The average molecular weight is 262 g/mol. The molecule has 0 N–H and O–H groups in total. The summed E-state index contributed by atoms with van der Waals surface area (Å²) in [5.74, 6) is 1.63. The minimum absolute atomic E-state index is 0.799. The zero-order chi connectivity index (χ0) is 13.8. The molecular weight excluding hydrogens is 248 g/mol. The van der Waals surface area contributed by atoms with Crippen molar-refractivity contribution in [3.8, 4) is 0 Å². The molecule has 0 saturated heterocycles. The molecule has 3 aromatic rings. The second-order valence-electron chi connectivity index (χ2n) is 4.38. The van der Waals surface area contributed by atoms with Crippen molar-refractivity contribution in [3.05, 3.63) is 72.8 Å². The molecule has 4 heteroatoms. The summed E-state index contributed by atoms with van der Waals surface area (Å²) < 4.78 is 0. The molecule has 2 aromatic heterocycles. The maximum atomic E-state index is 4.44. The van der Waals surface area contributed by atoms with Gasteiger partial charge in [0.15, 0.2) is 0 Å². The first-order chi connectivity index (χ1) is 9.86. The zero-order valence-electron chi connectivity index (χ0n) is 11.1. The number of nitrogens with zero attached hydrogens (tertiary/aromatic N) is 4. The SMILES string of the molecule is Cc1ccccc1N(c1ccccn1)c1ccncn1. The van der Waals surface area contributed by atoms with Gasteiger partial charge in [0.05, 0.1) is 5.69 Å². The molecule has 98 valence electrons. The fourth-order valence-corrected chi connectivity index (χ4v) is 2.08. The number of hydrogen-bond acceptors (Lipinski definition) is 4. The van der Waals surface area contributed by atoms with E-state index in [4.69, 9.17) is 0 Å². The highest BCUT2D eigenvalue weighted by Crippen LogP contribution is 2.32. The van der Waals surface area contributed by atoms with Crippen LogP contribution in [0.4, 0.5) is 17.3 Å². The number of benzene rings is 1. The van der Waals surface area contributed by atoms with E-state index in [9.17, 15) is 0 Å². The van der Waals surface area contributed by atoms with Crippen LogP contribution < -0.4 is 4.90 Å². The molecule has 3 rings (SSSR count). The highest BCUT2D eigenvalue weighted by atomic mass is 15.2. The van der Waals surface area contributed by atoms with E-state index in [0.717, 1.165) is 22.9 Å². The molecular formula is C16H14N4. The van der Waals surface area contributed by atoms with E-state index in [1.165, 1.54) is 0 Å². The van der Waals surface area contributed by atoms with Gasteiger partial charge in [0.25, 0.3) is 0 Å². The average Bonchev–Trinajstić information content (AvgIpc) is 2.52. The van der Waals surface area contributed by atoms with Crippen molar-refractivity contribution in [1.29, 1.82) is 0 Å². The van der Waals surface area contributed by atoms with Gasteiger partial charge in [-0.1, -0.05) is 24.3 Å². The van der Waals surface area contributed by atoms with Crippen LogP contribution in [-0.4, -0.2) is 15.0 Å². The molecule has 2 heterocycles. The first-order valence-corrected chi connectivity index (χ1v) is 6.39. The van der Waals surface area contributed by atoms with Crippen LogP contribution in [0.25, 0.3) is 0 Å². The van der Waals surface area contributed by atoms with Gasteiger partial charge in [0, 0.05) is 12.4 Å². The number of anilines is 3. The zero-order valence-corrected chi connectivity index (χ0v) is 11.1. The Morgan fingerprint density at radius 3 is 2.30 bits per heavy atom. The van der Waals surface area contributed by atoms with Crippen LogP contribution in [0.2, 0.25) is 0 Å². The number of aryl methyl sites for hydroxylation is 1. The van der Waals surface area contributed by atoms with E-state index in [0.29, 0.717) is 0 Å². The molecule has 0 unspecified atom stereocenters. The van der Waals surface area contributed by atoms with Crippen LogP contribution in [0.3, 0.4) is 0 Å². The second-order valence-corrected chi connectivity index (χ2v) is 4.38. The van der Waals surface area contributed by atoms with Crippen LogP contribution in [-0.2, 0) is 0 Å². The van der Waals surface area contributed by atoms with E-state index in [-0.39, 0.29) is 0 Å². The molecule has 0 aliphatic carbocycles. The van der Waals surface area contributed by atoms with Crippen molar-refractivity contribution in [2.45, 2.75) is 6.92 Å². The van der Waals surface area contributed by atoms with Crippen LogP contribution in [0.1, 0.15) is 5.56 Å². The van der Waals surface area contributed by atoms with Gasteiger partial charge in [-0.25, -0.2) is 15.0 Å². The standard InChI is InChI=1S/C16H14N4/c1-13-6-2-3-7-14(13)20(15-8-4-5-10-18-15)16-9-11-17-12-19-16/h2-12H,1H3. The largest absolute Gasteiger partial charge is 0.279 e. The van der Waals surface area contributed by atoms with E-state index in [2.05, 4.69) is 34.0 Å². The lowest BCUT2D eigenvalue weighted by molar-refractivity contribution is 1.08. The first kappa shape index (κ1) is 12.3. The Balaban J connectivity index is 2.17. The molecule has 0 aliphatic rings. The second kappa shape index (κ2) is 5.48. The predicted octanol–water partition coefficient (Wildman–Crippen LogP) is 3.65. The monoisotopic (exact) mass is 262 g/mol. The topological polar surface area (TPSA) is 41.9 Å². The quantitative estimate of drug-likeness (QED) is 0.722. The Kier molecular flexibility index (Phi) is 3.37. The van der Waals surface area contributed by atoms with Crippen LogP contribution in [0.15, 0.2) is 67.3 Å². The van der Waals surface area contributed by atoms with Crippen LogP contribution in [0, 0.1) is 6.92 Å². The van der Waals surface area contributed by atoms with E-state index >= 15 is 0 Å². The summed E-state index contributed by atoms with van der Waals surface area (Å²) in [7, 11) is 0. The first-order valence-electron chi connectivity index (χ1n) is 6.39. The van der Waals surface area contributed by atoms with Gasteiger partial charge in [0.2, 0.25) is 0 Å². The van der Waals surface area contributed by atoms with Crippen molar-refractivity contribution >= 4 is 17.3 Å². The number of pyridine rings is 1. The van der Waals surface area contributed by atoms with Gasteiger partial charge in [-0.3, -0.25) is 4.90 Å². The number of para-hydroxylation sites is 1. The molecule has 4 nitrogen and oxygen atoms in total. The van der Waals surface area contributed by atoms with E-state index in [1.54, 1.807) is 18.7 Å². The maximum absolute atomic E-state index is 4.44. The van der Waals surface area contributed by atoms with E-state index in [1.807, 2.05) is 41.3 Å². The molecule has 1 aromatic carbocycles. The Labute approximate surface area is 117 Å². The van der Waals surface area contributed by atoms with Gasteiger partial charge in [-0.15, -0.1) is 0 Å². The molecule has 0 spiro atoms. The maximum Gasteiger partial charge on any atom is 0.142 e. The summed E-state index contributed by atoms with van der Waals surface area (Å²) in [6.45, 7) is 2.08. The van der Waals surface area contributed by atoms with Crippen LogP contribution in [0.5, 0.6) is 0 Å². The summed E-state index contributed by atoms with van der Waals surface area (Å²) in [4.78, 5) is 14.8. The Hall–Kier alpha value is -2.75. The van der Waals surface area contributed by atoms with Crippen molar-refractivity contribution in [3.63, 3.8) is 0 Å². The summed E-state index contributed by atoms with van der Waals surface area (Å²) in [5, 5.41) is 0. The third-order valence-electron chi connectivity index (χ3n) is 3.03. The summed E-state index contributed by atoms with van der Waals surface area (Å²) in [5.41, 5.74) is 2.22. The lowest BCUT2D eigenvalue weighted by atomic mass is 10.2. The summed E-state index contributed by atoms with van der Waals surface area (Å²) in [6, 6.07) is 15.9. The van der Waals surface area contributed by atoms with Crippen LogP contribution >= 0.6 is 0 Å². The molecule has 0 fully saturated rings. The number of rotatable bonds is 3. The highest BCUT2D eigenvalue weighted by Gasteiger charge is 2.15. The van der Waals surface area contributed by atoms with Gasteiger partial charge in [-0.2, -0.15) is 0 Å². The van der Waals surface area contributed by atoms with Crippen molar-refractivity contribution in [1.82, 2.24) is 15.0 Å². The van der Waals surface area contributed by atoms with Gasteiger partial charge in [0.1, 0.15) is 18.0 Å². The Bertz CT molecular complexity index is 644. The molecule has 0 radical (unpaired) electrons. The smallest absolute Gasteiger partial charge is 0.142 e. The minimum Gasteiger partial charge on any atom is -0.279 e. The van der Waals surface area contributed by atoms with Crippen molar-refractivity contribution in [2.75, 3.05) is 4.90 Å². The Morgan fingerprint density at radius 1 is 0.800 bits per heavy atom. The van der Waals surface area contributed by atoms with Gasteiger partial charge >= 0.3 is 0 Å². The number of hydrogen-bond donors (Lipinski definition) is 0. The van der Waals surface area contributed by atoms with Crippen molar-refractivity contribution in [2.24, 2.45) is 0 Å². The third-order valence-corrected chi connectivity index (χ3v) is 3.03. The molecule has 0 saturated carbocycles. The minimum atomic E-state index is 0.799. The highest BCUT2D eigenvalue weighted by molar-refractivity contribution is 5.73. The van der Waals surface area contributed by atoms with Crippen molar-refractivity contribution < 1.29 is 0 Å². The summed E-state index contributed by atoms with van der Waals surface area (Å²) in [6.07, 6.45) is 5.06. The normalized spacial score (nSPS) is 10.2. The lowest BCUT2D eigenvalue weighted by Gasteiger charge is -2.24. The van der Waals surface area contributed by atoms with Gasteiger partial charge < -0.3 is 0 Å². The predicted molar refractivity (Wildman–Crippen MR) is 79.2 cm³/mol. The molecule has 0 aliphatic heterocycles. The van der Waals surface area contributed by atoms with E-state index < -0.39 is 0 Å². The molecule has 0 atom stereocenters. The third kappa shape index (κ3) is 2.36. The fourth-order valence-electron chi connectivity index (χ4n) is 2.08. The van der Waals surface area contributed by atoms with Gasteiger partial charge in [-0.05, 0) is 36.8 Å². The molecule has 0 bridgehead atoms. The number of aromatic nitrogens is 3.